The standard InChI is InChI=1S/C18H24N2O2.C2H6/c1-4-17-15(5-6-22-17)18(21)19-10-14-9-13-7-11(2)12(3)8-16(13)20-14;1-2/h7-9,15,17,20H,4-6,10H2,1-3H3,(H,19,21);1-2H3. The van der Waals surface area contributed by atoms with E-state index in [1.165, 1.54) is 16.5 Å². The van der Waals surface area contributed by atoms with Crippen LogP contribution in [0.2, 0.25) is 0 Å². The predicted octanol–water partition coefficient (Wildman–Crippen LogP) is 4.24. The monoisotopic (exact) mass is 330 g/mol. The normalized spacial score (nSPS) is 19.9. The smallest absolute Gasteiger partial charge is 0.226 e. The second kappa shape index (κ2) is 8.34. The summed E-state index contributed by atoms with van der Waals surface area (Å²) in [5, 5.41) is 4.24. The average Bonchev–Trinajstić information content (AvgIpc) is 3.21. The van der Waals surface area contributed by atoms with Crippen LogP contribution in [0.3, 0.4) is 0 Å². The summed E-state index contributed by atoms with van der Waals surface area (Å²) in [5.74, 6) is 0.106. The third kappa shape index (κ3) is 3.99. The highest BCUT2D eigenvalue weighted by atomic mass is 16.5. The zero-order valence-electron chi connectivity index (χ0n) is 15.5. The molecule has 24 heavy (non-hydrogen) atoms. The van der Waals surface area contributed by atoms with Crippen molar-refractivity contribution in [3.8, 4) is 0 Å². The molecular weight excluding hydrogens is 300 g/mol. The average molecular weight is 330 g/mol. The Bertz CT molecular complexity index is 651. The lowest BCUT2D eigenvalue weighted by atomic mass is 9.99. The number of aromatic amines is 1. The van der Waals surface area contributed by atoms with Crippen molar-refractivity contribution in [2.45, 2.75) is 60.1 Å². The highest BCUT2D eigenvalue weighted by molar-refractivity contribution is 5.83. The van der Waals surface area contributed by atoms with Gasteiger partial charge >= 0.3 is 0 Å². The maximum absolute atomic E-state index is 12.3. The van der Waals surface area contributed by atoms with Gasteiger partial charge in [0.2, 0.25) is 5.91 Å². The first-order valence-electron chi connectivity index (χ1n) is 9.06. The number of aryl methyl sites for hydroxylation is 2. The molecule has 2 unspecified atom stereocenters. The van der Waals surface area contributed by atoms with Crippen molar-refractivity contribution in [1.29, 1.82) is 0 Å². The predicted molar refractivity (Wildman–Crippen MR) is 99.1 cm³/mol. The van der Waals surface area contributed by atoms with Crippen LogP contribution in [0, 0.1) is 19.8 Å². The van der Waals surface area contributed by atoms with Crippen molar-refractivity contribution in [3.05, 3.63) is 35.0 Å². The Hall–Kier alpha value is -1.81. The first kappa shape index (κ1) is 18.5. The van der Waals surface area contributed by atoms with Gasteiger partial charge in [0.15, 0.2) is 0 Å². The number of carbonyl (C=O) groups excluding carboxylic acids is 1. The first-order chi connectivity index (χ1) is 11.6. The Morgan fingerprint density at radius 3 is 2.67 bits per heavy atom. The fourth-order valence-corrected chi connectivity index (χ4v) is 3.22. The molecule has 2 heterocycles. The molecule has 0 saturated carbocycles. The highest BCUT2D eigenvalue weighted by Gasteiger charge is 2.32. The van der Waals surface area contributed by atoms with E-state index in [2.05, 4.69) is 49.3 Å². The maximum Gasteiger partial charge on any atom is 0.226 e. The van der Waals surface area contributed by atoms with Gasteiger partial charge in [-0.1, -0.05) is 20.8 Å². The molecule has 3 rings (SSSR count). The number of ether oxygens (including phenoxy) is 1. The molecular formula is C20H30N2O2. The summed E-state index contributed by atoms with van der Waals surface area (Å²) in [6.45, 7) is 11.5. The van der Waals surface area contributed by atoms with E-state index in [1.54, 1.807) is 0 Å². The number of H-pyrrole nitrogens is 1. The number of rotatable bonds is 4. The van der Waals surface area contributed by atoms with Gasteiger partial charge in [-0.3, -0.25) is 4.79 Å². The molecule has 1 saturated heterocycles. The molecule has 1 fully saturated rings. The first-order valence-corrected chi connectivity index (χ1v) is 9.06. The minimum absolute atomic E-state index is 0.00105. The Labute approximate surface area is 145 Å². The van der Waals surface area contributed by atoms with Gasteiger partial charge in [-0.25, -0.2) is 0 Å². The molecule has 4 nitrogen and oxygen atoms in total. The molecule has 0 spiro atoms. The van der Waals surface area contributed by atoms with Crippen molar-refractivity contribution in [3.63, 3.8) is 0 Å². The lowest BCUT2D eigenvalue weighted by Crippen LogP contribution is -2.34. The van der Waals surface area contributed by atoms with E-state index in [0.717, 1.165) is 24.1 Å². The van der Waals surface area contributed by atoms with Crippen molar-refractivity contribution in [2.24, 2.45) is 5.92 Å². The van der Waals surface area contributed by atoms with Crippen molar-refractivity contribution < 1.29 is 9.53 Å². The second-order valence-corrected chi connectivity index (χ2v) is 6.25. The molecule has 1 aliphatic rings. The van der Waals surface area contributed by atoms with E-state index in [0.29, 0.717) is 13.2 Å². The minimum atomic E-state index is -0.00105. The van der Waals surface area contributed by atoms with E-state index in [4.69, 9.17) is 4.74 Å². The lowest BCUT2D eigenvalue weighted by molar-refractivity contribution is -0.126. The topological polar surface area (TPSA) is 54.1 Å². The Kier molecular flexibility index (Phi) is 6.44. The van der Waals surface area contributed by atoms with Gasteiger partial charge in [0.25, 0.3) is 0 Å². The molecule has 2 N–H and O–H groups in total. The maximum atomic E-state index is 12.3. The van der Waals surface area contributed by atoms with Crippen molar-refractivity contribution in [1.82, 2.24) is 10.3 Å². The van der Waals surface area contributed by atoms with Gasteiger partial charge in [0, 0.05) is 17.8 Å². The second-order valence-electron chi connectivity index (χ2n) is 6.25. The van der Waals surface area contributed by atoms with Gasteiger partial charge in [0.05, 0.1) is 18.6 Å². The molecule has 1 aliphatic heterocycles. The zero-order valence-corrected chi connectivity index (χ0v) is 15.5. The molecule has 1 amide bonds. The minimum Gasteiger partial charge on any atom is -0.377 e. The Morgan fingerprint density at radius 1 is 1.25 bits per heavy atom. The highest BCUT2D eigenvalue weighted by Crippen LogP contribution is 2.24. The van der Waals surface area contributed by atoms with Crippen LogP contribution in [0.1, 0.15) is 50.4 Å². The summed E-state index contributed by atoms with van der Waals surface area (Å²) in [4.78, 5) is 15.7. The molecule has 2 atom stereocenters. The zero-order chi connectivity index (χ0) is 17.7. The van der Waals surface area contributed by atoms with Crippen LogP contribution in [-0.4, -0.2) is 23.6 Å². The molecule has 0 bridgehead atoms. The van der Waals surface area contributed by atoms with Crippen LogP contribution in [-0.2, 0) is 16.1 Å². The summed E-state index contributed by atoms with van der Waals surface area (Å²) in [6, 6.07) is 6.46. The number of hydrogen-bond acceptors (Lipinski definition) is 2. The van der Waals surface area contributed by atoms with Crippen molar-refractivity contribution in [2.75, 3.05) is 6.61 Å². The number of carbonyl (C=O) groups is 1. The van der Waals surface area contributed by atoms with Gasteiger partial charge in [0.1, 0.15) is 0 Å². The lowest BCUT2D eigenvalue weighted by Gasteiger charge is -2.16. The fourth-order valence-electron chi connectivity index (χ4n) is 3.22. The summed E-state index contributed by atoms with van der Waals surface area (Å²) < 4.78 is 5.59. The molecule has 4 heteroatoms. The third-order valence-electron chi connectivity index (χ3n) is 4.69. The molecule has 0 radical (unpaired) electrons. The largest absolute Gasteiger partial charge is 0.377 e. The van der Waals surface area contributed by atoms with Crippen LogP contribution in [0.4, 0.5) is 0 Å². The molecule has 1 aromatic carbocycles. The number of nitrogens with one attached hydrogen (secondary N) is 2. The third-order valence-corrected chi connectivity index (χ3v) is 4.69. The number of benzene rings is 1. The fraction of sp³-hybridized carbons (Fsp3) is 0.550. The number of aromatic nitrogens is 1. The van der Waals surface area contributed by atoms with Crippen LogP contribution in [0.5, 0.6) is 0 Å². The van der Waals surface area contributed by atoms with E-state index in [9.17, 15) is 4.79 Å². The number of hydrogen-bond donors (Lipinski definition) is 2. The summed E-state index contributed by atoms with van der Waals surface area (Å²) >= 11 is 0. The van der Waals surface area contributed by atoms with Gasteiger partial charge in [-0.2, -0.15) is 0 Å². The number of fused-ring (bicyclic) bond motifs is 1. The van der Waals surface area contributed by atoms with Crippen LogP contribution >= 0.6 is 0 Å². The Morgan fingerprint density at radius 2 is 1.96 bits per heavy atom. The molecule has 0 aliphatic carbocycles. The van der Waals surface area contributed by atoms with Crippen LogP contribution in [0.25, 0.3) is 10.9 Å². The number of amides is 1. The van der Waals surface area contributed by atoms with E-state index >= 15 is 0 Å². The van der Waals surface area contributed by atoms with Crippen molar-refractivity contribution >= 4 is 16.8 Å². The van der Waals surface area contributed by atoms with E-state index in [1.807, 2.05) is 13.8 Å². The van der Waals surface area contributed by atoms with Crippen LogP contribution < -0.4 is 5.32 Å². The summed E-state index contributed by atoms with van der Waals surface area (Å²) in [6.07, 6.45) is 1.80. The molecule has 132 valence electrons. The van der Waals surface area contributed by atoms with Gasteiger partial charge in [-0.05, 0) is 61.4 Å². The quantitative estimate of drug-likeness (QED) is 0.881. The van der Waals surface area contributed by atoms with Crippen LogP contribution in [0.15, 0.2) is 18.2 Å². The summed E-state index contributed by atoms with van der Waals surface area (Å²) in [5.41, 5.74) is 4.73. The van der Waals surface area contributed by atoms with Gasteiger partial charge < -0.3 is 15.0 Å². The van der Waals surface area contributed by atoms with E-state index < -0.39 is 0 Å². The molecule has 2 aromatic rings. The summed E-state index contributed by atoms with van der Waals surface area (Å²) in [7, 11) is 0. The van der Waals surface area contributed by atoms with E-state index in [-0.39, 0.29) is 17.9 Å². The Balaban J connectivity index is 0.00000100. The SMILES string of the molecule is CC.CCC1OCCC1C(=O)NCc1cc2cc(C)c(C)cc2[nH]1. The van der Waals surface area contributed by atoms with Gasteiger partial charge in [-0.15, -0.1) is 0 Å². The molecule has 1 aromatic heterocycles.